The lowest BCUT2D eigenvalue weighted by molar-refractivity contribution is 0.0697. The molecule has 0 bridgehead atoms. The summed E-state index contributed by atoms with van der Waals surface area (Å²) in [5.41, 5.74) is 2.38. The van der Waals surface area contributed by atoms with Gasteiger partial charge in [-0.3, -0.25) is 0 Å². The smallest absolute Gasteiger partial charge is 0.335 e. The molecule has 0 atom stereocenters. The van der Waals surface area contributed by atoms with Gasteiger partial charge in [-0.15, -0.1) is 0 Å². The van der Waals surface area contributed by atoms with Gasteiger partial charge >= 0.3 is 5.97 Å². The predicted octanol–water partition coefficient (Wildman–Crippen LogP) is 2.35. The SMILES string of the molecule is O=C(O)c1ccc(-c2cnc3n2CCS3)cc1. The second-order valence-corrected chi connectivity index (χ2v) is 4.87. The van der Waals surface area contributed by atoms with Crippen LogP contribution in [0.25, 0.3) is 11.3 Å². The van der Waals surface area contributed by atoms with E-state index >= 15 is 0 Å². The van der Waals surface area contributed by atoms with Crippen LogP contribution in [0.1, 0.15) is 10.4 Å². The number of fused-ring (bicyclic) bond motifs is 1. The van der Waals surface area contributed by atoms with Crippen molar-refractivity contribution >= 4 is 17.7 Å². The number of carbonyl (C=O) groups is 1. The number of carboxylic acids is 1. The molecule has 86 valence electrons. The van der Waals surface area contributed by atoms with Crippen molar-refractivity contribution in [3.63, 3.8) is 0 Å². The Balaban J connectivity index is 2.01. The zero-order valence-corrected chi connectivity index (χ0v) is 9.78. The molecule has 1 aromatic heterocycles. The monoisotopic (exact) mass is 246 g/mol. The molecule has 1 aromatic carbocycles. The highest BCUT2D eigenvalue weighted by atomic mass is 32.2. The van der Waals surface area contributed by atoms with Crippen LogP contribution in [0.4, 0.5) is 0 Å². The third kappa shape index (κ3) is 1.72. The van der Waals surface area contributed by atoms with Crippen LogP contribution >= 0.6 is 11.8 Å². The molecule has 0 unspecified atom stereocenters. The quantitative estimate of drug-likeness (QED) is 0.883. The second kappa shape index (κ2) is 3.92. The van der Waals surface area contributed by atoms with Crippen LogP contribution in [-0.4, -0.2) is 26.4 Å². The molecule has 2 heterocycles. The predicted molar refractivity (Wildman–Crippen MR) is 65.3 cm³/mol. The number of thioether (sulfide) groups is 1. The number of aromatic carboxylic acids is 1. The summed E-state index contributed by atoms with van der Waals surface area (Å²) in [4.78, 5) is 15.1. The Kier molecular flexibility index (Phi) is 2.40. The van der Waals surface area contributed by atoms with Gasteiger partial charge in [-0.05, 0) is 17.7 Å². The van der Waals surface area contributed by atoms with Crippen molar-refractivity contribution in [2.45, 2.75) is 11.7 Å². The van der Waals surface area contributed by atoms with Crippen LogP contribution in [0.3, 0.4) is 0 Å². The standard InChI is InChI=1S/C12H10N2O2S/c15-11(16)9-3-1-8(2-4-9)10-7-13-12-14(10)5-6-17-12/h1-4,7H,5-6H2,(H,15,16). The first kappa shape index (κ1) is 10.4. The molecule has 0 radical (unpaired) electrons. The molecule has 1 aliphatic heterocycles. The van der Waals surface area contributed by atoms with Gasteiger partial charge in [0.2, 0.25) is 0 Å². The Bertz CT molecular complexity index is 575. The molecule has 0 spiro atoms. The third-order valence-electron chi connectivity index (χ3n) is 2.79. The fourth-order valence-corrected chi connectivity index (χ4v) is 2.86. The minimum absolute atomic E-state index is 0.310. The summed E-state index contributed by atoms with van der Waals surface area (Å²) in [6.07, 6.45) is 1.84. The van der Waals surface area contributed by atoms with Gasteiger partial charge < -0.3 is 9.67 Å². The highest BCUT2D eigenvalue weighted by Gasteiger charge is 2.17. The largest absolute Gasteiger partial charge is 0.478 e. The average molecular weight is 246 g/mol. The summed E-state index contributed by atoms with van der Waals surface area (Å²) in [5, 5.41) is 9.88. The fraction of sp³-hybridized carbons (Fsp3) is 0.167. The zero-order chi connectivity index (χ0) is 11.8. The van der Waals surface area contributed by atoms with Crippen LogP contribution in [0.15, 0.2) is 35.6 Å². The number of rotatable bonds is 2. The van der Waals surface area contributed by atoms with E-state index in [4.69, 9.17) is 5.11 Å². The van der Waals surface area contributed by atoms with Gasteiger partial charge in [0.25, 0.3) is 0 Å². The summed E-state index contributed by atoms with van der Waals surface area (Å²) >= 11 is 1.75. The number of aromatic nitrogens is 2. The maximum absolute atomic E-state index is 10.8. The van der Waals surface area contributed by atoms with E-state index in [1.807, 2.05) is 18.3 Å². The Labute approximate surface area is 102 Å². The number of imidazole rings is 1. The minimum atomic E-state index is -0.898. The number of nitrogens with zero attached hydrogens (tertiary/aromatic N) is 2. The minimum Gasteiger partial charge on any atom is -0.478 e. The Morgan fingerprint density at radius 3 is 2.82 bits per heavy atom. The van der Waals surface area contributed by atoms with Crippen molar-refractivity contribution in [1.29, 1.82) is 0 Å². The highest BCUT2D eigenvalue weighted by Crippen LogP contribution is 2.30. The van der Waals surface area contributed by atoms with Gasteiger partial charge in [0, 0.05) is 12.3 Å². The molecule has 0 saturated heterocycles. The Morgan fingerprint density at radius 2 is 2.12 bits per heavy atom. The Hall–Kier alpha value is -1.75. The van der Waals surface area contributed by atoms with Crippen molar-refractivity contribution in [3.05, 3.63) is 36.0 Å². The van der Waals surface area contributed by atoms with E-state index in [9.17, 15) is 4.79 Å². The van der Waals surface area contributed by atoms with E-state index in [0.29, 0.717) is 5.56 Å². The van der Waals surface area contributed by atoms with E-state index in [2.05, 4.69) is 9.55 Å². The van der Waals surface area contributed by atoms with Crippen molar-refractivity contribution in [2.75, 3.05) is 5.75 Å². The van der Waals surface area contributed by atoms with Crippen LogP contribution in [0.2, 0.25) is 0 Å². The van der Waals surface area contributed by atoms with Gasteiger partial charge in [-0.25, -0.2) is 9.78 Å². The molecule has 0 saturated carbocycles. The number of carboxylic acid groups (broad SMARTS) is 1. The molecule has 3 rings (SSSR count). The molecule has 4 nitrogen and oxygen atoms in total. The van der Waals surface area contributed by atoms with E-state index in [0.717, 1.165) is 28.7 Å². The van der Waals surface area contributed by atoms with Crippen LogP contribution in [0.5, 0.6) is 0 Å². The lowest BCUT2D eigenvalue weighted by Crippen LogP contribution is -1.98. The van der Waals surface area contributed by atoms with Crippen LogP contribution in [0, 0.1) is 0 Å². The first-order valence-electron chi connectivity index (χ1n) is 5.28. The highest BCUT2D eigenvalue weighted by molar-refractivity contribution is 7.99. The molecule has 2 aromatic rings. The first-order valence-corrected chi connectivity index (χ1v) is 6.26. The number of hydrogen-bond donors (Lipinski definition) is 1. The van der Waals surface area contributed by atoms with Gasteiger partial charge in [-0.2, -0.15) is 0 Å². The van der Waals surface area contributed by atoms with Gasteiger partial charge in [0.05, 0.1) is 17.5 Å². The molecule has 1 aliphatic rings. The number of hydrogen-bond acceptors (Lipinski definition) is 3. The van der Waals surface area contributed by atoms with E-state index in [-0.39, 0.29) is 0 Å². The summed E-state index contributed by atoms with van der Waals surface area (Å²) in [7, 11) is 0. The topological polar surface area (TPSA) is 55.1 Å². The van der Waals surface area contributed by atoms with Crippen molar-refractivity contribution in [3.8, 4) is 11.3 Å². The van der Waals surface area contributed by atoms with Crippen LogP contribution in [-0.2, 0) is 6.54 Å². The first-order chi connectivity index (χ1) is 8.25. The van der Waals surface area contributed by atoms with Crippen molar-refractivity contribution in [2.24, 2.45) is 0 Å². The molecule has 5 heteroatoms. The molecule has 0 fully saturated rings. The second-order valence-electron chi connectivity index (χ2n) is 3.81. The van der Waals surface area contributed by atoms with Crippen molar-refractivity contribution < 1.29 is 9.90 Å². The maximum Gasteiger partial charge on any atom is 0.335 e. The average Bonchev–Trinajstić information content (AvgIpc) is 2.90. The number of benzene rings is 1. The van der Waals surface area contributed by atoms with Gasteiger partial charge in [-0.1, -0.05) is 23.9 Å². The van der Waals surface area contributed by atoms with Crippen LogP contribution < -0.4 is 0 Å². The summed E-state index contributed by atoms with van der Waals surface area (Å²) < 4.78 is 2.17. The summed E-state index contributed by atoms with van der Waals surface area (Å²) in [6, 6.07) is 6.91. The van der Waals surface area contributed by atoms with E-state index < -0.39 is 5.97 Å². The normalized spacial score (nSPS) is 13.6. The zero-order valence-electron chi connectivity index (χ0n) is 8.96. The van der Waals surface area contributed by atoms with Crippen molar-refractivity contribution in [1.82, 2.24) is 9.55 Å². The molecular weight excluding hydrogens is 236 g/mol. The molecule has 1 N–H and O–H groups in total. The lowest BCUT2D eigenvalue weighted by atomic mass is 10.1. The summed E-state index contributed by atoms with van der Waals surface area (Å²) in [5.74, 6) is 0.161. The van der Waals surface area contributed by atoms with Gasteiger partial charge in [0.1, 0.15) is 0 Å². The van der Waals surface area contributed by atoms with E-state index in [1.165, 1.54) is 0 Å². The molecule has 0 aliphatic carbocycles. The Morgan fingerprint density at radius 1 is 1.35 bits per heavy atom. The maximum atomic E-state index is 10.8. The molecule has 17 heavy (non-hydrogen) atoms. The fourth-order valence-electron chi connectivity index (χ4n) is 1.93. The lowest BCUT2D eigenvalue weighted by Gasteiger charge is -2.04. The van der Waals surface area contributed by atoms with Gasteiger partial charge in [0.15, 0.2) is 5.16 Å². The summed E-state index contributed by atoms with van der Waals surface area (Å²) in [6.45, 7) is 0.968. The molecular formula is C12H10N2O2S. The molecule has 0 amide bonds. The third-order valence-corrected chi connectivity index (χ3v) is 3.76. The van der Waals surface area contributed by atoms with E-state index in [1.54, 1.807) is 23.9 Å².